The van der Waals surface area contributed by atoms with E-state index in [-0.39, 0.29) is 5.91 Å². The highest BCUT2D eigenvalue weighted by Crippen LogP contribution is 2.18. The summed E-state index contributed by atoms with van der Waals surface area (Å²) in [4.78, 5) is 15.9. The smallest absolute Gasteiger partial charge is 0.217 e. The van der Waals surface area contributed by atoms with Crippen molar-refractivity contribution in [1.82, 2.24) is 5.32 Å². The fourth-order valence-electron chi connectivity index (χ4n) is 3.47. The van der Waals surface area contributed by atoms with Gasteiger partial charge in [0.05, 0.1) is 19.6 Å². The van der Waals surface area contributed by atoms with E-state index in [1.165, 1.54) is 44.4 Å². The van der Waals surface area contributed by atoms with Gasteiger partial charge < -0.3 is 5.32 Å². The molecule has 0 radical (unpaired) electrons. The van der Waals surface area contributed by atoms with E-state index in [0.717, 1.165) is 50.0 Å². The molecule has 0 fully saturated rings. The first-order valence-electron chi connectivity index (χ1n) is 9.94. The van der Waals surface area contributed by atoms with Crippen LogP contribution in [-0.4, -0.2) is 48.9 Å². The van der Waals surface area contributed by atoms with Gasteiger partial charge in [-0.2, -0.15) is 0 Å². The lowest BCUT2D eigenvalue weighted by molar-refractivity contribution is -0.833. The Balaban J connectivity index is 2.28. The maximum absolute atomic E-state index is 11.1. The molecule has 1 heterocycles. The lowest BCUT2D eigenvalue weighted by Gasteiger charge is -2.33. The van der Waals surface area contributed by atoms with Crippen LogP contribution in [0.5, 0.6) is 0 Å². The summed E-state index contributed by atoms with van der Waals surface area (Å²) in [5.41, 5.74) is 0. The maximum Gasteiger partial charge on any atom is 0.217 e. The van der Waals surface area contributed by atoms with Crippen LogP contribution in [0.1, 0.15) is 72.1 Å². The molecule has 1 unspecified atom stereocenters. The molecular formula is C20H38N3O+. The molecule has 0 bridgehead atoms. The highest BCUT2D eigenvalue weighted by atomic mass is 16.1. The molecule has 4 heteroatoms. The van der Waals surface area contributed by atoms with Gasteiger partial charge in [-0.1, -0.05) is 44.8 Å². The Morgan fingerprint density at radius 2 is 1.92 bits per heavy atom. The van der Waals surface area contributed by atoms with Gasteiger partial charge in [-0.05, 0) is 26.2 Å². The number of amides is 1. The number of nitrogens with zero attached hydrogens (tertiary/aromatic N) is 2. The quantitative estimate of drug-likeness (QED) is 0.307. The Labute approximate surface area is 149 Å². The number of aliphatic imine (C=N–C) groups is 1. The van der Waals surface area contributed by atoms with E-state index in [0.29, 0.717) is 0 Å². The molecule has 1 N–H and O–H groups in total. The standard InChI is InChI=1S/C20H37N3O/c1-4-6-7-8-9-10-11-12-13-14-20-22-16-18-23(20,5-2)17-15-21-19(3)24/h11-12H,4-10,13-18H2,1-3H3/p+1/b12-11+. The van der Waals surface area contributed by atoms with Gasteiger partial charge in [-0.3, -0.25) is 9.28 Å². The van der Waals surface area contributed by atoms with Crippen LogP contribution in [0.15, 0.2) is 17.1 Å². The van der Waals surface area contributed by atoms with Crippen LogP contribution in [0.25, 0.3) is 0 Å². The summed E-state index contributed by atoms with van der Waals surface area (Å²) in [6, 6.07) is 0. The number of quaternary nitrogens is 1. The third-order valence-electron chi connectivity index (χ3n) is 5.06. The van der Waals surface area contributed by atoms with Crippen LogP contribution in [0.4, 0.5) is 0 Å². The van der Waals surface area contributed by atoms with E-state index in [1.807, 2.05) is 0 Å². The van der Waals surface area contributed by atoms with Gasteiger partial charge in [-0.25, -0.2) is 4.99 Å². The van der Waals surface area contributed by atoms with E-state index < -0.39 is 0 Å². The average molecular weight is 337 g/mol. The second-order valence-corrected chi connectivity index (χ2v) is 6.90. The van der Waals surface area contributed by atoms with Crippen molar-refractivity contribution in [3.05, 3.63) is 12.2 Å². The molecule has 0 aromatic carbocycles. The minimum atomic E-state index is 0.0591. The lowest BCUT2D eigenvalue weighted by Crippen LogP contribution is -2.54. The molecule has 0 spiro atoms. The van der Waals surface area contributed by atoms with Crippen LogP contribution in [-0.2, 0) is 4.79 Å². The number of allylic oxidation sites excluding steroid dienone is 2. The zero-order chi connectivity index (χ0) is 17.7. The molecule has 1 aliphatic heterocycles. The Morgan fingerprint density at radius 1 is 1.17 bits per heavy atom. The monoisotopic (exact) mass is 336 g/mol. The van der Waals surface area contributed by atoms with Crippen molar-refractivity contribution >= 4 is 11.7 Å². The number of carbonyl (C=O) groups is 1. The van der Waals surface area contributed by atoms with Gasteiger partial charge in [0, 0.05) is 13.3 Å². The topological polar surface area (TPSA) is 41.5 Å². The number of hydrogen-bond acceptors (Lipinski definition) is 2. The van der Waals surface area contributed by atoms with E-state index in [4.69, 9.17) is 4.99 Å². The second-order valence-electron chi connectivity index (χ2n) is 6.90. The summed E-state index contributed by atoms with van der Waals surface area (Å²) in [5, 5.41) is 2.93. The zero-order valence-corrected chi connectivity index (χ0v) is 16.1. The number of likely N-dealkylation sites (N-methyl/N-ethyl adjacent to an activating group) is 1. The summed E-state index contributed by atoms with van der Waals surface area (Å²) in [6.07, 6.45) is 14.8. The number of nitrogens with one attached hydrogen (secondary N) is 1. The summed E-state index contributed by atoms with van der Waals surface area (Å²) in [6.45, 7) is 10.9. The molecule has 0 saturated heterocycles. The van der Waals surface area contributed by atoms with Gasteiger partial charge in [0.1, 0.15) is 13.1 Å². The highest BCUT2D eigenvalue weighted by Gasteiger charge is 2.35. The Morgan fingerprint density at radius 3 is 2.62 bits per heavy atom. The number of hydrogen-bond donors (Lipinski definition) is 1. The van der Waals surface area contributed by atoms with Crippen LogP contribution >= 0.6 is 0 Å². The first kappa shape index (κ1) is 20.9. The first-order valence-corrected chi connectivity index (χ1v) is 9.94. The summed E-state index contributed by atoms with van der Waals surface area (Å²) in [7, 11) is 0. The predicted octanol–water partition coefficient (Wildman–Crippen LogP) is 4.07. The van der Waals surface area contributed by atoms with Crippen molar-refractivity contribution in [3.63, 3.8) is 0 Å². The maximum atomic E-state index is 11.1. The average Bonchev–Trinajstić information content (AvgIpc) is 2.96. The van der Waals surface area contributed by atoms with Gasteiger partial charge in [-0.15, -0.1) is 0 Å². The SMILES string of the molecule is CCCCCCC/C=C/CCC1=NCC[N+]1(CC)CCNC(C)=O. The van der Waals surface area contributed by atoms with E-state index in [9.17, 15) is 4.79 Å². The number of rotatable bonds is 13. The van der Waals surface area contributed by atoms with Crippen LogP contribution in [0, 0.1) is 0 Å². The molecule has 1 aliphatic rings. The third kappa shape index (κ3) is 7.61. The second kappa shape index (κ2) is 12.2. The van der Waals surface area contributed by atoms with E-state index in [1.54, 1.807) is 6.92 Å². The summed E-state index contributed by atoms with van der Waals surface area (Å²) < 4.78 is 0.963. The molecular weight excluding hydrogens is 298 g/mol. The fourth-order valence-corrected chi connectivity index (χ4v) is 3.47. The fraction of sp³-hybridized carbons (Fsp3) is 0.800. The molecule has 0 aliphatic carbocycles. The van der Waals surface area contributed by atoms with Gasteiger partial charge in [0.15, 0.2) is 5.84 Å². The van der Waals surface area contributed by atoms with Crippen LogP contribution < -0.4 is 5.32 Å². The van der Waals surface area contributed by atoms with Crippen LogP contribution in [0.2, 0.25) is 0 Å². The zero-order valence-electron chi connectivity index (χ0n) is 16.1. The molecule has 0 aromatic heterocycles. The van der Waals surface area contributed by atoms with Crippen molar-refractivity contribution < 1.29 is 9.28 Å². The molecule has 1 rings (SSSR count). The largest absolute Gasteiger partial charge is 0.351 e. The molecule has 138 valence electrons. The molecule has 1 amide bonds. The van der Waals surface area contributed by atoms with E-state index in [2.05, 4.69) is 31.3 Å². The molecule has 0 saturated carbocycles. The number of amidine groups is 1. The van der Waals surface area contributed by atoms with Crippen molar-refractivity contribution in [2.45, 2.75) is 72.1 Å². The molecule has 24 heavy (non-hydrogen) atoms. The Hall–Kier alpha value is -1.16. The minimum absolute atomic E-state index is 0.0591. The van der Waals surface area contributed by atoms with Gasteiger partial charge >= 0.3 is 0 Å². The molecule has 0 aromatic rings. The molecule has 4 nitrogen and oxygen atoms in total. The summed E-state index contributed by atoms with van der Waals surface area (Å²) in [5.74, 6) is 1.39. The molecule has 1 atom stereocenters. The Kier molecular flexibility index (Phi) is 10.6. The van der Waals surface area contributed by atoms with E-state index >= 15 is 0 Å². The Bertz CT molecular complexity index is 417. The number of unbranched alkanes of at least 4 members (excludes halogenated alkanes) is 5. The third-order valence-corrected chi connectivity index (χ3v) is 5.06. The number of carbonyl (C=O) groups excluding carboxylic acids is 1. The first-order chi connectivity index (χ1) is 11.6. The van der Waals surface area contributed by atoms with Gasteiger partial charge in [0.25, 0.3) is 0 Å². The highest BCUT2D eigenvalue weighted by molar-refractivity contribution is 5.77. The minimum Gasteiger partial charge on any atom is -0.351 e. The lowest BCUT2D eigenvalue weighted by atomic mass is 10.1. The van der Waals surface area contributed by atoms with Crippen LogP contribution in [0.3, 0.4) is 0 Å². The predicted molar refractivity (Wildman–Crippen MR) is 103 cm³/mol. The van der Waals surface area contributed by atoms with Crippen molar-refractivity contribution in [2.75, 3.05) is 32.7 Å². The normalized spacial score (nSPS) is 20.5. The summed E-state index contributed by atoms with van der Waals surface area (Å²) >= 11 is 0. The van der Waals surface area contributed by atoms with Crippen molar-refractivity contribution in [1.29, 1.82) is 0 Å². The van der Waals surface area contributed by atoms with Crippen molar-refractivity contribution in [2.24, 2.45) is 4.99 Å². The van der Waals surface area contributed by atoms with Crippen molar-refractivity contribution in [3.8, 4) is 0 Å². The van der Waals surface area contributed by atoms with Gasteiger partial charge in [0.2, 0.25) is 5.91 Å².